The smallest absolute Gasteiger partial charge is 0.240 e. The highest BCUT2D eigenvalue weighted by Crippen LogP contribution is 2.31. The van der Waals surface area contributed by atoms with Crippen molar-refractivity contribution in [2.75, 3.05) is 12.3 Å². The van der Waals surface area contributed by atoms with Crippen molar-refractivity contribution in [3.05, 3.63) is 23.8 Å². The number of anilines is 1. The van der Waals surface area contributed by atoms with Crippen molar-refractivity contribution in [1.29, 1.82) is 0 Å². The average Bonchev–Trinajstić information content (AvgIpc) is 2.34. The van der Waals surface area contributed by atoms with E-state index in [1.165, 1.54) is 6.07 Å². The van der Waals surface area contributed by atoms with Crippen LogP contribution < -0.4 is 10.5 Å². The Bertz CT molecular complexity index is 565. The van der Waals surface area contributed by atoms with Gasteiger partial charge in [-0.25, -0.2) is 13.1 Å². The first kappa shape index (κ1) is 14.3. The number of nitrogens with one attached hydrogen (secondary N) is 1. The van der Waals surface area contributed by atoms with Gasteiger partial charge in [0.2, 0.25) is 10.0 Å². The van der Waals surface area contributed by atoms with Crippen LogP contribution >= 0.6 is 0 Å². The third-order valence-electron chi connectivity index (χ3n) is 3.68. The Hall–Kier alpha value is -1.11. The van der Waals surface area contributed by atoms with Crippen LogP contribution in [0.4, 0.5) is 5.69 Å². The average molecular weight is 284 g/mol. The van der Waals surface area contributed by atoms with E-state index in [4.69, 9.17) is 5.73 Å². The van der Waals surface area contributed by atoms with Crippen molar-refractivity contribution in [2.24, 2.45) is 0 Å². The van der Waals surface area contributed by atoms with Gasteiger partial charge in [-0.15, -0.1) is 0 Å². The number of nitrogens with two attached hydrogens (primary N) is 1. The predicted molar refractivity (Wildman–Crippen MR) is 74.2 cm³/mol. The molecule has 1 aromatic carbocycles. The summed E-state index contributed by atoms with van der Waals surface area (Å²) in [5, 5.41) is 9.91. The van der Waals surface area contributed by atoms with Gasteiger partial charge in [-0.05, 0) is 43.4 Å². The number of benzene rings is 1. The second-order valence-electron chi connectivity index (χ2n) is 5.12. The van der Waals surface area contributed by atoms with Crippen LogP contribution in [0.2, 0.25) is 0 Å². The third kappa shape index (κ3) is 3.08. The standard InChI is InChI=1S/C13H20N2O3S/c1-2-10-4-5-11(8-12(10)14)19(17,18)15-9-13(16)6-3-7-13/h4-5,8,15-16H,2-3,6-7,9,14H2,1H3. The lowest BCUT2D eigenvalue weighted by Crippen LogP contribution is -2.47. The molecule has 5 nitrogen and oxygen atoms in total. The second-order valence-corrected chi connectivity index (χ2v) is 6.88. The Balaban J connectivity index is 2.12. The summed E-state index contributed by atoms with van der Waals surface area (Å²) < 4.78 is 26.6. The van der Waals surface area contributed by atoms with Gasteiger partial charge in [-0.1, -0.05) is 13.0 Å². The number of rotatable bonds is 5. The van der Waals surface area contributed by atoms with Gasteiger partial charge in [-0.2, -0.15) is 0 Å². The molecule has 1 aromatic rings. The largest absolute Gasteiger partial charge is 0.398 e. The minimum absolute atomic E-state index is 0.0603. The lowest BCUT2D eigenvalue weighted by Gasteiger charge is -2.36. The lowest BCUT2D eigenvalue weighted by atomic mass is 9.81. The molecule has 2 rings (SSSR count). The molecular formula is C13H20N2O3S. The lowest BCUT2D eigenvalue weighted by molar-refractivity contribution is -0.0270. The van der Waals surface area contributed by atoms with Gasteiger partial charge in [0.15, 0.2) is 0 Å². The normalized spacial score (nSPS) is 18.0. The number of hydrogen-bond acceptors (Lipinski definition) is 4. The fourth-order valence-corrected chi connectivity index (χ4v) is 3.29. The number of nitrogen functional groups attached to an aromatic ring is 1. The monoisotopic (exact) mass is 284 g/mol. The van der Waals surface area contributed by atoms with Gasteiger partial charge in [-0.3, -0.25) is 0 Å². The molecule has 1 saturated carbocycles. The van der Waals surface area contributed by atoms with Crippen molar-refractivity contribution >= 4 is 15.7 Å². The van der Waals surface area contributed by atoms with Gasteiger partial charge >= 0.3 is 0 Å². The Morgan fingerprint density at radius 1 is 1.42 bits per heavy atom. The molecule has 0 amide bonds. The topological polar surface area (TPSA) is 92.4 Å². The fourth-order valence-electron chi connectivity index (χ4n) is 2.14. The van der Waals surface area contributed by atoms with E-state index in [2.05, 4.69) is 4.72 Å². The molecular weight excluding hydrogens is 264 g/mol. The minimum atomic E-state index is -3.61. The van der Waals surface area contributed by atoms with E-state index < -0.39 is 15.6 Å². The summed E-state index contributed by atoms with van der Waals surface area (Å²) in [7, 11) is -3.61. The van der Waals surface area contributed by atoms with Gasteiger partial charge in [0, 0.05) is 12.2 Å². The number of aryl methyl sites for hydroxylation is 1. The molecule has 0 aliphatic heterocycles. The molecule has 1 fully saturated rings. The molecule has 0 atom stereocenters. The maximum absolute atomic E-state index is 12.1. The summed E-state index contributed by atoms with van der Waals surface area (Å²) >= 11 is 0. The molecule has 6 heteroatoms. The third-order valence-corrected chi connectivity index (χ3v) is 5.08. The van der Waals surface area contributed by atoms with Crippen molar-refractivity contribution < 1.29 is 13.5 Å². The van der Waals surface area contributed by atoms with Crippen LogP contribution in [-0.4, -0.2) is 25.7 Å². The summed E-state index contributed by atoms with van der Waals surface area (Å²) in [5.41, 5.74) is 6.34. The molecule has 0 aromatic heterocycles. The summed E-state index contributed by atoms with van der Waals surface area (Å²) in [6.45, 7) is 2.02. The molecule has 106 valence electrons. The Labute approximate surface area is 113 Å². The molecule has 1 aliphatic carbocycles. The minimum Gasteiger partial charge on any atom is -0.398 e. The zero-order valence-electron chi connectivity index (χ0n) is 11.0. The van der Waals surface area contributed by atoms with Crippen LogP contribution in [0.5, 0.6) is 0 Å². The molecule has 19 heavy (non-hydrogen) atoms. The fraction of sp³-hybridized carbons (Fsp3) is 0.538. The van der Waals surface area contributed by atoms with Gasteiger partial charge in [0.05, 0.1) is 10.5 Å². The van der Waals surface area contributed by atoms with Gasteiger partial charge < -0.3 is 10.8 Å². The number of sulfonamides is 1. The molecule has 0 spiro atoms. The summed E-state index contributed by atoms with van der Waals surface area (Å²) in [6.07, 6.45) is 2.99. The summed E-state index contributed by atoms with van der Waals surface area (Å²) in [6, 6.07) is 4.73. The highest BCUT2D eigenvalue weighted by atomic mass is 32.2. The van der Waals surface area contributed by atoms with E-state index in [9.17, 15) is 13.5 Å². The van der Waals surface area contributed by atoms with Crippen molar-refractivity contribution in [2.45, 2.75) is 43.1 Å². The van der Waals surface area contributed by atoms with Crippen LogP contribution in [0.1, 0.15) is 31.7 Å². The quantitative estimate of drug-likeness (QED) is 0.704. The van der Waals surface area contributed by atoms with Crippen LogP contribution in [-0.2, 0) is 16.4 Å². The molecule has 0 bridgehead atoms. The van der Waals surface area contributed by atoms with E-state index in [0.717, 1.165) is 18.4 Å². The van der Waals surface area contributed by atoms with E-state index in [0.29, 0.717) is 18.5 Å². The molecule has 0 saturated heterocycles. The van der Waals surface area contributed by atoms with Crippen LogP contribution in [0.25, 0.3) is 0 Å². The Morgan fingerprint density at radius 2 is 2.11 bits per heavy atom. The first-order valence-electron chi connectivity index (χ1n) is 6.47. The van der Waals surface area contributed by atoms with Crippen LogP contribution in [0.15, 0.2) is 23.1 Å². The van der Waals surface area contributed by atoms with Gasteiger partial charge in [0.25, 0.3) is 0 Å². The SMILES string of the molecule is CCc1ccc(S(=O)(=O)NCC2(O)CCC2)cc1N. The summed E-state index contributed by atoms with van der Waals surface area (Å²) in [4.78, 5) is 0.144. The van der Waals surface area contributed by atoms with E-state index in [1.54, 1.807) is 12.1 Å². The van der Waals surface area contributed by atoms with Crippen molar-refractivity contribution in [3.8, 4) is 0 Å². The second kappa shape index (κ2) is 5.11. The maximum Gasteiger partial charge on any atom is 0.240 e. The van der Waals surface area contributed by atoms with Crippen molar-refractivity contribution in [3.63, 3.8) is 0 Å². The molecule has 0 unspecified atom stereocenters. The molecule has 1 aliphatic rings. The molecule has 0 radical (unpaired) electrons. The highest BCUT2D eigenvalue weighted by molar-refractivity contribution is 7.89. The first-order valence-corrected chi connectivity index (χ1v) is 7.95. The highest BCUT2D eigenvalue weighted by Gasteiger charge is 2.35. The summed E-state index contributed by atoms with van der Waals surface area (Å²) in [5.74, 6) is 0. The van der Waals surface area contributed by atoms with Crippen LogP contribution in [0.3, 0.4) is 0 Å². The van der Waals surface area contributed by atoms with E-state index >= 15 is 0 Å². The maximum atomic E-state index is 12.1. The zero-order valence-corrected chi connectivity index (χ0v) is 11.8. The molecule has 0 heterocycles. The van der Waals surface area contributed by atoms with Gasteiger partial charge in [0.1, 0.15) is 0 Å². The number of hydrogen-bond donors (Lipinski definition) is 3. The van der Waals surface area contributed by atoms with E-state index in [1.807, 2.05) is 6.92 Å². The predicted octanol–water partition coefficient (Wildman–Crippen LogP) is 1.02. The van der Waals surface area contributed by atoms with Crippen LogP contribution in [0, 0.1) is 0 Å². The Kier molecular flexibility index (Phi) is 3.85. The Morgan fingerprint density at radius 3 is 2.58 bits per heavy atom. The zero-order chi connectivity index (χ0) is 14.1. The van der Waals surface area contributed by atoms with Crippen molar-refractivity contribution in [1.82, 2.24) is 4.72 Å². The van der Waals surface area contributed by atoms with E-state index in [-0.39, 0.29) is 11.4 Å². The number of aliphatic hydroxyl groups is 1. The molecule has 4 N–H and O–H groups in total. The first-order chi connectivity index (χ1) is 8.86.